The van der Waals surface area contributed by atoms with Crippen molar-refractivity contribution >= 4 is 12.1 Å². The third-order valence-electron chi connectivity index (χ3n) is 2.03. The average molecular weight is 180 g/mol. The lowest BCUT2D eigenvalue weighted by atomic mass is 9.94. The van der Waals surface area contributed by atoms with Crippen LogP contribution in [0.5, 0.6) is 0 Å². The molecule has 0 amide bonds. The van der Waals surface area contributed by atoms with Crippen LogP contribution in [-0.4, -0.2) is 24.3 Å². The van der Waals surface area contributed by atoms with Crippen molar-refractivity contribution in [2.75, 3.05) is 6.61 Å². The second-order valence-electron chi connectivity index (χ2n) is 2.86. The molecule has 0 aromatic heterocycles. The lowest BCUT2D eigenvalue weighted by molar-refractivity contribution is -0.115. The quantitative estimate of drug-likeness (QED) is 0.607. The smallest absolute Gasteiger partial charge is 0.178 e. The predicted molar refractivity (Wildman–Crippen MR) is 48.3 cm³/mol. The van der Waals surface area contributed by atoms with Gasteiger partial charge in [-0.2, -0.15) is 0 Å². The summed E-state index contributed by atoms with van der Waals surface area (Å²) in [6, 6.07) is 0. The van der Waals surface area contributed by atoms with E-state index in [1.54, 1.807) is 12.2 Å². The van der Waals surface area contributed by atoms with Crippen molar-refractivity contribution in [3.05, 3.63) is 24.3 Å². The summed E-state index contributed by atoms with van der Waals surface area (Å²) >= 11 is 0. The number of ether oxygens (including phenoxy) is 1. The van der Waals surface area contributed by atoms with E-state index in [1.807, 2.05) is 6.92 Å². The van der Waals surface area contributed by atoms with Gasteiger partial charge in [-0.3, -0.25) is 4.79 Å². The largest absolute Gasteiger partial charge is 0.359 e. The van der Waals surface area contributed by atoms with Gasteiger partial charge in [0.25, 0.3) is 0 Å². The summed E-state index contributed by atoms with van der Waals surface area (Å²) in [5.41, 5.74) is -0.561. The first kappa shape index (κ1) is 9.86. The first-order valence-electron chi connectivity index (χ1n) is 4.22. The van der Waals surface area contributed by atoms with Gasteiger partial charge in [0.15, 0.2) is 5.78 Å². The fraction of sp³-hybridized carbons (Fsp3) is 0.400. The molecule has 0 N–H and O–H groups in total. The van der Waals surface area contributed by atoms with Crippen molar-refractivity contribution < 1.29 is 14.3 Å². The van der Waals surface area contributed by atoms with E-state index < -0.39 is 5.60 Å². The van der Waals surface area contributed by atoms with Crippen LogP contribution in [0, 0.1) is 0 Å². The van der Waals surface area contributed by atoms with Gasteiger partial charge in [-0.15, -0.1) is 0 Å². The van der Waals surface area contributed by atoms with Crippen LogP contribution < -0.4 is 0 Å². The Balaban J connectivity index is 2.71. The first-order chi connectivity index (χ1) is 6.22. The van der Waals surface area contributed by atoms with Gasteiger partial charge in [0, 0.05) is 0 Å². The van der Waals surface area contributed by atoms with Crippen LogP contribution >= 0.6 is 0 Å². The fourth-order valence-corrected chi connectivity index (χ4v) is 1.18. The number of allylic oxidation sites excluding steroid dienone is 2. The lowest BCUT2D eigenvalue weighted by Crippen LogP contribution is -2.29. The van der Waals surface area contributed by atoms with Gasteiger partial charge in [-0.1, -0.05) is 6.92 Å². The van der Waals surface area contributed by atoms with Crippen LogP contribution in [0.25, 0.3) is 0 Å². The number of hydrogen-bond donors (Lipinski definition) is 0. The molecule has 70 valence electrons. The molecule has 0 atom stereocenters. The Bertz CT molecular complexity index is 247. The third kappa shape index (κ3) is 2.36. The van der Waals surface area contributed by atoms with E-state index >= 15 is 0 Å². The van der Waals surface area contributed by atoms with Crippen molar-refractivity contribution in [1.82, 2.24) is 0 Å². The number of rotatable bonds is 4. The Hall–Kier alpha value is -1.22. The fourth-order valence-electron chi connectivity index (χ4n) is 1.18. The normalized spacial score (nSPS) is 19.0. The number of carbonyl (C=O) groups excluding carboxylic acids is 2. The van der Waals surface area contributed by atoms with Gasteiger partial charge in [0.1, 0.15) is 18.5 Å². The van der Waals surface area contributed by atoms with Gasteiger partial charge >= 0.3 is 0 Å². The zero-order chi connectivity index (χ0) is 9.73. The summed E-state index contributed by atoms with van der Waals surface area (Å²) in [5.74, 6) is -0.0428. The van der Waals surface area contributed by atoms with E-state index in [9.17, 15) is 9.59 Å². The number of carbonyl (C=O) groups is 2. The summed E-state index contributed by atoms with van der Waals surface area (Å²) in [5, 5.41) is 0. The molecular formula is C10H12O3. The van der Waals surface area contributed by atoms with Gasteiger partial charge < -0.3 is 9.53 Å². The van der Waals surface area contributed by atoms with Gasteiger partial charge in [-0.25, -0.2) is 0 Å². The zero-order valence-corrected chi connectivity index (χ0v) is 7.53. The van der Waals surface area contributed by atoms with Crippen LogP contribution in [0.1, 0.15) is 13.3 Å². The third-order valence-corrected chi connectivity index (χ3v) is 2.03. The maximum Gasteiger partial charge on any atom is 0.178 e. The van der Waals surface area contributed by atoms with E-state index in [1.165, 1.54) is 12.2 Å². The van der Waals surface area contributed by atoms with Crippen LogP contribution in [-0.2, 0) is 14.3 Å². The van der Waals surface area contributed by atoms with Gasteiger partial charge in [-0.05, 0) is 30.7 Å². The summed E-state index contributed by atoms with van der Waals surface area (Å²) in [4.78, 5) is 21.0. The number of hydrogen-bond acceptors (Lipinski definition) is 3. The highest BCUT2D eigenvalue weighted by molar-refractivity contribution is 6.00. The molecule has 1 aliphatic carbocycles. The van der Waals surface area contributed by atoms with E-state index in [-0.39, 0.29) is 12.4 Å². The summed E-state index contributed by atoms with van der Waals surface area (Å²) in [7, 11) is 0. The predicted octanol–water partition coefficient (Wildman–Crippen LogP) is 1.05. The molecule has 0 heterocycles. The Morgan fingerprint density at radius 1 is 1.46 bits per heavy atom. The maximum atomic E-state index is 10.8. The van der Waals surface area contributed by atoms with Crippen LogP contribution in [0.3, 0.4) is 0 Å². The van der Waals surface area contributed by atoms with Crippen molar-refractivity contribution in [2.24, 2.45) is 0 Å². The van der Waals surface area contributed by atoms with E-state index in [0.717, 1.165) is 0 Å². The molecule has 0 saturated heterocycles. The molecule has 3 nitrogen and oxygen atoms in total. The molecule has 0 unspecified atom stereocenters. The Morgan fingerprint density at radius 3 is 2.54 bits per heavy atom. The first-order valence-corrected chi connectivity index (χ1v) is 4.22. The van der Waals surface area contributed by atoms with Crippen molar-refractivity contribution in [3.8, 4) is 0 Å². The van der Waals surface area contributed by atoms with Gasteiger partial charge in [0.05, 0.1) is 0 Å². The molecule has 0 aromatic carbocycles. The molecule has 0 aliphatic heterocycles. The highest BCUT2D eigenvalue weighted by Gasteiger charge is 2.24. The van der Waals surface area contributed by atoms with Crippen LogP contribution in [0.15, 0.2) is 24.3 Å². The highest BCUT2D eigenvalue weighted by atomic mass is 16.5. The second-order valence-corrected chi connectivity index (χ2v) is 2.86. The summed E-state index contributed by atoms with van der Waals surface area (Å²) in [6.45, 7) is 1.99. The minimum Gasteiger partial charge on any atom is -0.359 e. The molecule has 3 heteroatoms. The Labute approximate surface area is 77.1 Å². The second kappa shape index (κ2) is 4.14. The molecule has 0 saturated carbocycles. The average Bonchev–Trinajstić information content (AvgIpc) is 2.18. The van der Waals surface area contributed by atoms with Crippen molar-refractivity contribution in [2.45, 2.75) is 18.9 Å². The monoisotopic (exact) mass is 180 g/mol. The number of aldehydes is 1. The standard InChI is InChI=1S/C10H12O3/c1-2-10(13-8-7-11)5-3-9(12)4-6-10/h3-7H,2,8H2,1H3. The van der Waals surface area contributed by atoms with Crippen LogP contribution in [0.4, 0.5) is 0 Å². The zero-order valence-electron chi connectivity index (χ0n) is 7.53. The summed E-state index contributed by atoms with van der Waals surface area (Å²) < 4.78 is 5.32. The minimum absolute atomic E-state index is 0.0428. The van der Waals surface area contributed by atoms with Gasteiger partial charge in [0.2, 0.25) is 0 Å². The SMILES string of the molecule is CCC1(OCC=O)C=CC(=O)C=C1. The molecule has 1 rings (SSSR count). The maximum absolute atomic E-state index is 10.8. The highest BCUT2D eigenvalue weighted by Crippen LogP contribution is 2.22. The molecule has 0 bridgehead atoms. The molecule has 13 heavy (non-hydrogen) atoms. The lowest BCUT2D eigenvalue weighted by Gasteiger charge is -2.26. The van der Waals surface area contributed by atoms with E-state index in [0.29, 0.717) is 12.7 Å². The molecule has 0 aromatic rings. The summed E-state index contributed by atoms with van der Waals surface area (Å²) in [6.07, 6.45) is 7.73. The van der Waals surface area contributed by atoms with Crippen molar-refractivity contribution in [1.29, 1.82) is 0 Å². The van der Waals surface area contributed by atoms with E-state index in [4.69, 9.17) is 4.74 Å². The molecule has 0 fully saturated rings. The number of ketones is 1. The van der Waals surface area contributed by atoms with Crippen molar-refractivity contribution in [3.63, 3.8) is 0 Å². The molecule has 1 aliphatic rings. The molecular weight excluding hydrogens is 168 g/mol. The van der Waals surface area contributed by atoms with E-state index in [2.05, 4.69) is 0 Å². The Morgan fingerprint density at radius 2 is 2.08 bits per heavy atom. The molecule has 0 radical (unpaired) electrons. The minimum atomic E-state index is -0.561. The Kier molecular flexibility index (Phi) is 3.14. The van der Waals surface area contributed by atoms with Crippen LogP contribution in [0.2, 0.25) is 0 Å². The molecule has 0 spiro atoms. The topological polar surface area (TPSA) is 43.4 Å².